The molecule has 19 heavy (non-hydrogen) atoms. The molecule has 0 aliphatic rings. The van der Waals surface area contributed by atoms with Gasteiger partial charge in [-0.1, -0.05) is 30.3 Å². The molecule has 0 bridgehead atoms. The molecule has 0 saturated carbocycles. The summed E-state index contributed by atoms with van der Waals surface area (Å²) < 4.78 is 22.1. The summed E-state index contributed by atoms with van der Waals surface area (Å²) >= 11 is 0. The summed E-state index contributed by atoms with van der Waals surface area (Å²) in [5, 5.41) is 8.98. The number of aliphatic hydroxyl groups is 1. The van der Waals surface area contributed by atoms with E-state index in [2.05, 4.69) is 0 Å². The second kappa shape index (κ2) is 7.25. The number of carbonyl (C=O) groups excluding carboxylic acids is 1. The first-order chi connectivity index (χ1) is 8.92. The highest BCUT2D eigenvalue weighted by molar-refractivity contribution is 7.90. The Labute approximate surface area is 113 Å². The van der Waals surface area contributed by atoms with E-state index in [1.165, 1.54) is 4.90 Å². The predicted molar refractivity (Wildman–Crippen MR) is 73.3 cm³/mol. The molecule has 1 aromatic rings. The smallest absolute Gasteiger partial charge is 0.223 e. The van der Waals surface area contributed by atoms with Crippen molar-refractivity contribution in [3.05, 3.63) is 35.9 Å². The van der Waals surface area contributed by atoms with Crippen molar-refractivity contribution in [1.82, 2.24) is 4.90 Å². The highest BCUT2D eigenvalue weighted by atomic mass is 32.2. The van der Waals surface area contributed by atoms with Crippen LogP contribution in [0, 0.1) is 0 Å². The van der Waals surface area contributed by atoms with Crippen LogP contribution in [0.4, 0.5) is 0 Å². The van der Waals surface area contributed by atoms with Crippen molar-refractivity contribution in [1.29, 1.82) is 0 Å². The van der Waals surface area contributed by atoms with E-state index in [9.17, 15) is 13.2 Å². The average molecular weight is 285 g/mol. The number of carbonyl (C=O) groups is 1. The van der Waals surface area contributed by atoms with Crippen LogP contribution in [0.15, 0.2) is 30.3 Å². The van der Waals surface area contributed by atoms with Crippen molar-refractivity contribution >= 4 is 15.7 Å². The summed E-state index contributed by atoms with van der Waals surface area (Å²) in [6.45, 7) is 0.443. The summed E-state index contributed by atoms with van der Waals surface area (Å²) in [4.78, 5) is 13.4. The first-order valence-electron chi connectivity index (χ1n) is 6.02. The summed E-state index contributed by atoms with van der Waals surface area (Å²) in [5.74, 6) is -0.425. The van der Waals surface area contributed by atoms with Crippen LogP contribution in [-0.2, 0) is 21.2 Å². The summed E-state index contributed by atoms with van der Waals surface area (Å²) in [6.07, 6.45) is 1.06. The number of hydrogen-bond donors (Lipinski definition) is 1. The number of benzene rings is 1. The third-order valence-electron chi connectivity index (χ3n) is 2.63. The Morgan fingerprint density at radius 1 is 1.26 bits per heavy atom. The van der Waals surface area contributed by atoms with Crippen molar-refractivity contribution < 1.29 is 18.3 Å². The normalized spacial score (nSPS) is 11.3. The lowest BCUT2D eigenvalue weighted by molar-refractivity contribution is -0.131. The monoisotopic (exact) mass is 285 g/mol. The molecule has 106 valence electrons. The highest BCUT2D eigenvalue weighted by Gasteiger charge is 2.15. The van der Waals surface area contributed by atoms with Gasteiger partial charge in [-0.05, 0) is 5.56 Å². The highest BCUT2D eigenvalue weighted by Crippen LogP contribution is 2.06. The van der Waals surface area contributed by atoms with Crippen molar-refractivity contribution in [2.24, 2.45) is 0 Å². The first-order valence-corrected chi connectivity index (χ1v) is 8.08. The van der Waals surface area contributed by atoms with Gasteiger partial charge in [0.1, 0.15) is 9.84 Å². The lowest BCUT2D eigenvalue weighted by atomic mass is 10.2. The third kappa shape index (κ3) is 6.35. The maximum absolute atomic E-state index is 11.9. The molecule has 0 atom stereocenters. The molecule has 0 aliphatic carbocycles. The zero-order valence-corrected chi connectivity index (χ0v) is 11.8. The van der Waals surface area contributed by atoms with E-state index in [-0.39, 0.29) is 31.2 Å². The number of nitrogens with zero attached hydrogens (tertiary/aromatic N) is 1. The molecule has 1 aromatic carbocycles. The van der Waals surface area contributed by atoms with Crippen LogP contribution in [0.2, 0.25) is 0 Å². The largest absolute Gasteiger partial charge is 0.395 e. The van der Waals surface area contributed by atoms with E-state index in [0.717, 1.165) is 11.8 Å². The maximum atomic E-state index is 11.9. The van der Waals surface area contributed by atoms with Crippen molar-refractivity contribution in [2.75, 3.05) is 25.2 Å². The van der Waals surface area contributed by atoms with E-state index in [0.29, 0.717) is 6.54 Å². The van der Waals surface area contributed by atoms with Gasteiger partial charge in [0, 0.05) is 25.8 Å². The van der Waals surface area contributed by atoms with Gasteiger partial charge >= 0.3 is 0 Å². The van der Waals surface area contributed by atoms with Gasteiger partial charge < -0.3 is 10.0 Å². The third-order valence-corrected chi connectivity index (χ3v) is 3.57. The summed E-state index contributed by atoms with van der Waals surface area (Å²) in [5.41, 5.74) is 0.948. The Bertz CT molecular complexity index is 499. The Balaban J connectivity index is 2.64. The van der Waals surface area contributed by atoms with Crippen LogP contribution in [0.5, 0.6) is 0 Å². The zero-order chi connectivity index (χ0) is 14.3. The lowest BCUT2D eigenvalue weighted by Gasteiger charge is -2.21. The molecule has 0 unspecified atom stereocenters. The maximum Gasteiger partial charge on any atom is 0.223 e. The molecule has 5 nitrogen and oxygen atoms in total. The van der Waals surface area contributed by atoms with Crippen molar-refractivity contribution in [2.45, 2.75) is 13.0 Å². The van der Waals surface area contributed by atoms with E-state index in [1.807, 2.05) is 30.3 Å². The van der Waals surface area contributed by atoms with E-state index < -0.39 is 9.84 Å². The molecule has 0 aliphatic heterocycles. The molecule has 0 fully saturated rings. The molecule has 0 heterocycles. The minimum Gasteiger partial charge on any atom is -0.395 e. The van der Waals surface area contributed by atoms with Gasteiger partial charge in [-0.2, -0.15) is 0 Å². The van der Waals surface area contributed by atoms with Gasteiger partial charge in [0.15, 0.2) is 0 Å². The molecule has 0 spiro atoms. The molecular weight excluding hydrogens is 266 g/mol. The number of hydrogen-bond acceptors (Lipinski definition) is 4. The van der Waals surface area contributed by atoms with Crippen LogP contribution < -0.4 is 0 Å². The molecule has 0 aromatic heterocycles. The number of amides is 1. The standard InChI is InChI=1S/C13H19NO4S/c1-19(17,18)10-7-13(16)14(8-9-15)11-12-5-3-2-4-6-12/h2-6,15H,7-11H2,1H3. The number of sulfone groups is 1. The second-order valence-corrected chi connectivity index (χ2v) is 6.66. The fourth-order valence-electron chi connectivity index (χ4n) is 1.65. The Hall–Kier alpha value is -1.40. The van der Waals surface area contributed by atoms with Crippen LogP contribution >= 0.6 is 0 Å². The molecule has 0 radical (unpaired) electrons. The zero-order valence-electron chi connectivity index (χ0n) is 10.9. The molecule has 6 heteroatoms. The van der Waals surface area contributed by atoms with Gasteiger partial charge in [-0.25, -0.2) is 8.42 Å². The number of rotatable bonds is 7. The first kappa shape index (κ1) is 15.7. The molecule has 0 saturated heterocycles. The Morgan fingerprint density at radius 3 is 2.42 bits per heavy atom. The molecular formula is C13H19NO4S. The topological polar surface area (TPSA) is 74.7 Å². The fourth-order valence-corrected chi connectivity index (χ4v) is 2.19. The van der Waals surface area contributed by atoms with Gasteiger partial charge in [-0.15, -0.1) is 0 Å². The van der Waals surface area contributed by atoms with Crippen LogP contribution in [-0.4, -0.2) is 49.5 Å². The Morgan fingerprint density at radius 2 is 1.89 bits per heavy atom. The van der Waals surface area contributed by atoms with Gasteiger partial charge in [-0.3, -0.25) is 4.79 Å². The lowest BCUT2D eigenvalue weighted by Crippen LogP contribution is -2.34. The van der Waals surface area contributed by atoms with Crippen LogP contribution in [0.25, 0.3) is 0 Å². The molecule has 1 rings (SSSR count). The fraction of sp³-hybridized carbons (Fsp3) is 0.462. The molecule has 1 N–H and O–H groups in total. The quantitative estimate of drug-likeness (QED) is 0.789. The van der Waals surface area contributed by atoms with Crippen LogP contribution in [0.3, 0.4) is 0 Å². The van der Waals surface area contributed by atoms with Crippen LogP contribution in [0.1, 0.15) is 12.0 Å². The van der Waals surface area contributed by atoms with E-state index in [4.69, 9.17) is 5.11 Å². The summed E-state index contributed by atoms with van der Waals surface area (Å²) in [6, 6.07) is 9.38. The van der Waals surface area contributed by atoms with Gasteiger partial charge in [0.05, 0.1) is 12.4 Å². The number of aliphatic hydroxyl groups excluding tert-OH is 1. The second-order valence-electron chi connectivity index (χ2n) is 4.40. The average Bonchev–Trinajstić information content (AvgIpc) is 2.36. The minimum atomic E-state index is -3.15. The van der Waals surface area contributed by atoms with Crippen molar-refractivity contribution in [3.63, 3.8) is 0 Å². The Kier molecular flexibility index (Phi) is 5.98. The molecule has 1 amide bonds. The predicted octanol–water partition coefficient (Wildman–Crippen LogP) is 0.442. The summed E-state index contributed by atoms with van der Waals surface area (Å²) in [7, 11) is -3.15. The minimum absolute atomic E-state index is 0.0499. The van der Waals surface area contributed by atoms with E-state index in [1.54, 1.807) is 0 Å². The van der Waals surface area contributed by atoms with Gasteiger partial charge in [0.25, 0.3) is 0 Å². The van der Waals surface area contributed by atoms with Gasteiger partial charge in [0.2, 0.25) is 5.91 Å². The SMILES string of the molecule is CS(=O)(=O)CCC(=O)N(CCO)Cc1ccccc1. The van der Waals surface area contributed by atoms with E-state index >= 15 is 0 Å². The van der Waals surface area contributed by atoms with Crippen molar-refractivity contribution in [3.8, 4) is 0 Å².